The fraction of sp³-hybridized carbons (Fsp3) is 0.0732. The molecule has 2 heterocycles. The van der Waals surface area contributed by atoms with E-state index in [0.29, 0.717) is 21.7 Å². The number of alkyl halides is 3. The molecule has 0 aliphatic rings. The molecule has 0 radical (unpaired) electrons. The quantitative estimate of drug-likeness (QED) is 0.0457. The number of aromatic hydroxyl groups is 2. The van der Waals surface area contributed by atoms with E-state index < -0.39 is 23.5 Å². The number of carbonyl (C=O) groups excluding carboxylic acids is 1. The summed E-state index contributed by atoms with van der Waals surface area (Å²) in [5.74, 6) is -0.934. The monoisotopic (exact) mass is 814 g/mol. The highest BCUT2D eigenvalue weighted by atomic mass is 35.5. The van der Waals surface area contributed by atoms with Gasteiger partial charge in [-0.05, 0) is 94.5 Å². The van der Waals surface area contributed by atoms with Crippen LogP contribution in [-0.2, 0) is 13.2 Å². The first kappa shape index (κ1) is 39.9. The summed E-state index contributed by atoms with van der Waals surface area (Å²) in [4.78, 5) is 20.6. The van der Waals surface area contributed by atoms with Crippen molar-refractivity contribution in [1.82, 2.24) is 14.5 Å². The number of carbonyl (C=O) groups is 1. The highest BCUT2D eigenvalue weighted by Crippen LogP contribution is 2.44. The van der Waals surface area contributed by atoms with E-state index in [9.17, 15) is 33.4 Å². The third-order valence-electron chi connectivity index (χ3n) is 8.87. The normalized spacial score (nSPS) is 11.6. The first-order valence-corrected chi connectivity index (χ1v) is 17.4. The van der Waals surface area contributed by atoms with Crippen LogP contribution in [0.25, 0.3) is 55.5 Å². The minimum atomic E-state index is -4.70. The van der Waals surface area contributed by atoms with Crippen molar-refractivity contribution >= 4 is 46.0 Å². The Bertz CT molecular complexity index is 2670. The molecule has 0 aliphatic heterocycles. The third-order valence-corrected chi connectivity index (χ3v) is 9.29. The van der Waals surface area contributed by atoms with E-state index in [0.717, 1.165) is 39.9 Å². The second kappa shape index (κ2) is 16.1. The van der Waals surface area contributed by atoms with Crippen molar-refractivity contribution in [3.05, 3.63) is 136 Å². The summed E-state index contributed by atoms with van der Waals surface area (Å²) >= 11 is 12.3. The number of primary amides is 1. The standard InChI is InChI=1S/C21H16ClN3O2.C20H15ClF3N3O3/c1-25-11-24-18-8-13(4-7-19(18)25)20-16(12-2-5-15(26)6-3-12)9-14(22)10-17(20)21(23)27;1-30-19-16(8-12(21)9-26-19)17-14(10-2-4-13(28)5-3-10)6-11(20(22,23)24)7-15(17)18(25)27-29/h2-11,26H,1H3,(H2,23,27);2-9,28-29H,1H3,(H2,25,27). The van der Waals surface area contributed by atoms with Gasteiger partial charge in [0.1, 0.15) is 11.5 Å². The zero-order valence-corrected chi connectivity index (χ0v) is 31.4. The van der Waals surface area contributed by atoms with Crippen LogP contribution in [0.2, 0.25) is 10.0 Å². The maximum Gasteiger partial charge on any atom is 0.416 e. The van der Waals surface area contributed by atoms with Crippen LogP contribution < -0.4 is 16.2 Å². The van der Waals surface area contributed by atoms with Gasteiger partial charge in [0.15, 0.2) is 5.84 Å². The van der Waals surface area contributed by atoms with E-state index in [4.69, 9.17) is 39.4 Å². The molecular weight excluding hydrogens is 784 g/mol. The van der Waals surface area contributed by atoms with Crippen LogP contribution in [0.1, 0.15) is 21.5 Å². The maximum atomic E-state index is 13.6. The van der Waals surface area contributed by atoms with Crippen molar-refractivity contribution in [2.45, 2.75) is 6.18 Å². The van der Waals surface area contributed by atoms with Gasteiger partial charge in [0.25, 0.3) is 0 Å². The lowest BCUT2D eigenvalue weighted by Crippen LogP contribution is -2.17. The summed E-state index contributed by atoms with van der Waals surface area (Å²) in [5.41, 5.74) is 16.2. The number of oxime groups is 1. The molecule has 7 rings (SSSR count). The van der Waals surface area contributed by atoms with E-state index in [-0.39, 0.29) is 44.7 Å². The number of fused-ring (bicyclic) bond motifs is 1. The first-order chi connectivity index (χ1) is 27.1. The predicted molar refractivity (Wildman–Crippen MR) is 213 cm³/mol. The number of phenolic OH excluding ortho intramolecular Hbond substituents is 2. The molecule has 1 amide bonds. The number of amides is 1. The van der Waals surface area contributed by atoms with Crippen LogP contribution in [-0.4, -0.2) is 48.8 Å². The van der Waals surface area contributed by atoms with Gasteiger partial charge in [-0.15, -0.1) is 0 Å². The van der Waals surface area contributed by atoms with Crippen molar-refractivity contribution < 1.29 is 38.1 Å². The molecule has 0 unspecified atom stereocenters. The Morgan fingerprint density at radius 2 is 1.33 bits per heavy atom. The molecule has 5 aromatic carbocycles. The molecule has 0 fully saturated rings. The number of aryl methyl sites for hydroxylation is 1. The molecule has 16 heteroatoms. The number of amidine groups is 1. The van der Waals surface area contributed by atoms with Crippen molar-refractivity contribution in [1.29, 1.82) is 0 Å². The topological polar surface area (TPSA) is 182 Å². The van der Waals surface area contributed by atoms with Gasteiger partial charge < -0.3 is 36.2 Å². The van der Waals surface area contributed by atoms with Gasteiger partial charge in [0.2, 0.25) is 11.8 Å². The van der Waals surface area contributed by atoms with Crippen LogP contribution in [0.15, 0.2) is 115 Å². The SMILES string of the molecule is COc1ncc(Cl)cc1-c1c(C(N)=NO)cc(C(F)(F)F)cc1-c1ccc(O)cc1.Cn1cnc2cc(-c3c(C(N)=O)cc(Cl)cc3-c3ccc(O)cc3)ccc21. The van der Waals surface area contributed by atoms with E-state index >= 15 is 0 Å². The number of ether oxygens (including phenoxy) is 1. The number of hydrogen-bond donors (Lipinski definition) is 5. The molecule has 0 saturated carbocycles. The Balaban J connectivity index is 0.000000194. The lowest BCUT2D eigenvalue weighted by Gasteiger charge is -2.20. The molecular formula is C41H31Cl2F3N6O5. The fourth-order valence-electron chi connectivity index (χ4n) is 6.26. The summed E-state index contributed by atoms with van der Waals surface area (Å²) < 4.78 is 48.0. The zero-order chi connectivity index (χ0) is 41.2. The number of nitrogens with two attached hydrogens (primary N) is 2. The zero-order valence-electron chi connectivity index (χ0n) is 29.9. The number of aromatic nitrogens is 3. The Labute approximate surface area is 332 Å². The second-order valence-corrected chi connectivity index (χ2v) is 13.4. The number of imidazole rings is 1. The molecule has 0 bridgehead atoms. The van der Waals surface area contributed by atoms with Crippen LogP contribution >= 0.6 is 23.2 Å². The predicted octanol–water partition coefficient (Wildman–Crippen LogP) is 9.26. The van der Waals surface area contributed by atoms with Gasteiger partial charge >= 0.3 is 6.18 Å². The number of halogens is 5. The minimum absolute atomic E-state index is 0.0639. The summed E-state index contributed by atoms with van der Waals surface area (Å²) in [5, 5.41) is 31.9. The minimum Gasteiger partial charge on any atom is -0.508 e. The number of pyridine rings is 1. The van der Waals surface area contributed by atoms with E-state index in [1.54, 1.807) is 42.7 Å². The molecule has 2 aromatic heterocycles. The van der Waals surface area contributed by atoms with Crippen LogP contribution in [0.5, 0.6) is 17.4 Å². The lowest BCUT2D eigenvalue weighted by molar-refractivity contribution is -0.137. The Kier molecular flexibility index (Phi) is 11.3. The smallest absolute Gasteiger partial charge is 0.416 e. The van der Waals surface area contributed by atoms with Gasteiger partial charge in [-0.2, -0.15) is 13.2 Å². The van der Waals surface area contributed by atoms with Crippen molar-refractivity contribution in [3.8, 4) is 61.9 Å². The van der Waals surface area contributed by atoms with Crippen LogP contribution in [0.4, 0.5) is 13.2 Å². The molecule has 0 spiro atoms. The molecule has 290 valence electrons. The van der Waals surface area contributed by atoms with Crippen LogP contribution in [0, 0.1) is 0 Å². The summed E-state index contributed by atoms with van der Waals surface area (Å²) in [7, 11) is 3.27. The summed E-state index contributed by atoms with van der Waals surface area (Å²) in [6.07, 6.45) is -1.64. The van der Waals surface area contributed by atoms with E-state index in [1.807, 2.05) is 29.8 Å². The van der Waals surface area contributed by atoms with Crippen molar-refractivity contribution in [2.75, 3.05) is 7.11 Å². The molecule has 11 nitrogen and oxygen atoms in total. The number of hydrogen-bond acceptors (Lipinski definition) is 8. The van der Waals surface area contributed by atoms with Crippen LogP contribution in [0.3, 0.4) is 0 Å². The third kappa shape index (κ3) is 8.42. The van der Waals surface area contributed by atoms with Gasteiger partial charge in [0.05, 0.1) is 35.1 Å². The van der Waals surface area contributed by atoms with Gasteiger partial charge in [0, 0.05) is 46.1 Å². The average molecular weight is 816 g/mol. The number of phenols is 2. The summed E-state index contributed by atoms with van der Waals surface area (Å²) in [6.45, 7) is 0. The number of rotatable bonds is 7. The molecule has 0 aliphatic carbocycles. The van der Waals surface area contributed by atoms with Crippen molar-refractivity contribution in [3.63, 3.8) is 0 Å². The highest BCUT2D eigenvalue weighted by molar-refractivity contribution is 6.32. The molecule has 57 heavy (non-hydrogen) atoms. The van der Waals surface area contributed by atoms with Gasteiger partial charge in [-0.3, -0.25) is 4.79 Å². The Morgan fingerprint density at radius 1 is 0.754 bits per heavy atom. The molecule has 7 N–H and O–H groups in total. The van der Waals surface area contributed by atoms with Gasteiger partial charge in [-0.1, -0.05) is 58.7 Å². The first-order valence-electron chi connectivity index (χ1n) is 16.7. The number of methoxy groups -OCH3 is 1. The highest BCUT2D eigenvalue weighted by Gasteiger charge is 2.34. The maximum absolute atomic E-state index is 13.6. The fourth-order valence-corrected chi connectivity index (χ4v) is 6.64. The average Bonchev–Trinajstić information content (AvgIpc) is 3.56. The molecule has 7 aromatic rings. The second-order valence-electron chi connectivity index (χ2n) is 12.5. The Morgan fingerprint density at radius 3 is 1.89 bits per heavy atom. The Hall–Kier alpha value is -6.77. The van der Waals surface area contributed by atoms with E-state index in [2.05, 4.69) is 15.1 Å². The van der Waals surface area contributed by atoms with Gasteiger partial charge in [-0.25, -0.2) is 9.97 Å². The largest absolute Gasteiger partial charge is 0.508 e. The number of nitrogens with zero attached hydrogens (tertiary/aromatic N) is 4. The number of benzene rings is 5. The molecule has 0 atom stereocenters. The summed E-state index contributed by atoms with van der Waals surface area (Å²) in [6, 6.07) is 24.6. The molecule has 0 saturated heterocycles. The lowest BCUT2D eigenvalue weighted by atomic mass is 9.88. The van der Waals surface area contributed by atoms with E-state index in [1.165, 1.54) is 43.6 Å². The van der Waals surface area contributed by atoms with Crippen molar-refractivity contribution in [2.24, 2.45) is 23.7 Å².